The van der Waals surface area contributed by atoms with Crippen molar-refractivity contribution in [1.29, 1.82) is 0 Å². The average Bonchev–Trinajstić information content (AvgIpc) is 2.93. The standard InChI is InChI=1S/C13H11F2N3O3/c14-9-5-8(13(20)21)11(6-10(9)15)17-12(19)1-3-18-4-2-16-7-18/h2,4-7H,1,3H2,(H,17,19)(H,20,21). The molecule has 21 heavy (non-hydrogen) atoms. The molecular weight excluding hydrogens is 284 g/mol. The number of nitrogens with one attached hydrogen (secondary N) is 1. The van der Waals surface area contributed by atoms with Crippen LogP contribution in [0.4, 0.5) is 14.5 Å². The van der Waals surface area contributed by atoms with Crippen LogP contribution in [0.2, 0.25) is 0 Å². The van der Waals surface area contributed by atoms with Gasteiger partial charge in [-0.15, -0.1) is 0 Å². The van der Waals surface area contributed by atoms with Crippen LogP contribution in [0.1, 0.15) is 16.8 Å². The van der Waals surface area contributed by atoms with Crippen molar-refractivity contribution in [2.75, 3.05) is 5.32 Å². The zero-order valence-electron chi connectivity index (χ0n) is 10.7. The number of aromatic carboxylic acids is 1. The molecule has 0 aliphatic rings. The summed E-state index contributed by atoms with van der Waals surface area (Å²) < 4.78 is 27.8. The number of benzene rings is 1. The van der Waals surface area contributed by atoms with E-state index >= 15 is 0 Å². The Morgan fingerprint density at radius 2 is 2.00 bits per heavy atom. The molecule has 1 heterocycles. The van der Waals surface area contributed by atoms with Crippen molar-refractivity contribution >= 4 is 17.6 Å². The lowest BCUT2D eigenvalue weighted by Crippen LogP contribution is -2.17. The monoisotopic (exact) mass is 295 g/mol. The number of amides is 1. The fourth-order valence-corrected chi connectivity index (χ4v) is 1.69. The molecule has 0 bridgehead atoms. The molecule has 0 saturated heterocycles. The Morgan fingerprint density at radius 3 is 2.62 bits per heavy atom. The van der Waals surface area contributed by atoms with Gasteiger partial charge < -0.3 is 15.0 Å². The average molecular weight is 295 g/mol. The third-order valence-electron chi connectivity index (χ3n) is 2.72. The highest BCUT2D eigenvalue weighted by molar-refractivity contribution is 6.00. The van der Waals surface area contributed by atoms with Gasteiger partial charge in [-0.1, -0.05) is 0 Å². The van der Waals surface area contributed by atoms with Crippen LogP contribution in [0, 0.1) is 11.6 Å². The number of nitrogens with zero attached hydrogens (tertiary/aromatic N) is 2. The summed E-state index contributed by atoms with van der Waals surface area (Å²) in [5.41, 5.74) is -0.790. The maximum Gasteiger partial charge on any atom is 0.337 e. The second-order valence-electron chi connectivity index (χ2n) is 4.22. The Bertz CT molecular complexity index is 672. The van der Waals surface area contributed by atoms with Gasteiger partial charge in [0.2, 0.25) is 5.91 Å². The molecule has 110 valence electrons. The van der Waals surface area contributed by atoms with E-state index in [1.807, 2.05) is 0 Å². The number of aromatic nitrogens is 2. The topological polar surface area (TPSA) is 84.2 Å². The zero-order chi connectivity index (χ0) is 15.4. The number of rotatable bonds is 5. The Morgan fingerprint density at radius 1 is 1.29 bits per heavy atom. The minimum atomic E-state index is -1.46. The number of carboxylic acid groups (broad SMARTS) is 1. The number of halogens is 2. The molecule has 0 aliphatic heterocycles. The summed E-state index contributed by atoms with van der Waals surface area (Å²) in [4.78, 5) is 26.5. The van der Waals surface area contributed by atoms with Crippen LogP contribution in [-0.2, 0) is 11.3 Å². The van der Waals surface area contributed by atoms with Gasteiger partial charge in [0.1, 0.15) is 0 Å². The van der Waals surface area contributed by atoms with Crippen LogP contribution < -0.4 is 5.32 Å². The summed E-state index contributed by atoms with van der Waals surface area (Å²) in [5, 5.41) is 11.2. The van der Waals surface area contributed by atoms with Crippen LogP contribution in [0.5, 0.6) is 0 Å². The van der Waals surface area contributed by atoms with Crippen molar-refractivity contribution in [3.05, 3.63) is 48.1 Å². The fourth-order valence-electron chi connectivity index (χ4n) is 1.69. The van der Waals surface area contributed by atoms with Gasteiger partial charge in [-0.05, 0) is 6.07 Å². The van der Waals surface area contributed by atoms with Crippen molar-refractivity contribution in [2.45, 2.75) is 13.0 Å². The summed E-state index contributed by atoms with van der Waals surface area (Å²) in [6.07, 6.45) is 4.77. The lowest BCUT2D eigenvalue weighted by molar-refractivity contribution is -0.116. The number of carbonyl (C=O) groups excluding carboxylic acids is 1. The van der Waals surface area contributed by atoms with Crippen LogP contribution in [0.3, 0.4) is 0 Å². The quantitative estimate of drug-likeness (QED) is 0.882. The minimum absolute atomic E-state index is 0.0361. The highest BCUT2D eigenvalue weighted by atomic mass is 19.2. The van der Waals surface area contributed by atoms with Gasteiger partial charge in [0.05, 0.1) is 17.6 Å². The SMILES string of the molecule is O=C(CCn1ccnc1)Nc1cc(F)c(F)cc1C(=O)O. The summed E-state index contributed by atoms with van der Waals surface area (Å²) in [7, 11) is 0. The molecule has 2 rings (SSSR count). The van der Waals surface area contributed by atoms with E-state index in [-0.39, 0.29) is 12.1 Å². The number of aryl methyl sites for hydroxylation is 1. The molecule has 2 N–H and O–H groups in total. The van der Waals surface area contributed by atoms with E-state index in [1.54, 1.807) is 17.0 Å². The van der Waals surface area contributed by atoms with Crippen LogP contribution >= 0.6 is 0 Å². The third kappa shape index (κ3) is 3.62. The van der Waals surface area contributed by atoms with Gasteiger partial charge in [0, 0.05) is 31.4 Å². The van der Waals surface area contributed by atoms with Crippen LogP contribution in [-0.4, -0.2) is 26.5 Å². The van der Waals surface area contributed by atoms with Crippen molar-refractivity contribution in [3.63, 3.8) is 0 Å². The maximum atomic E-state index is 13.2. The Balaban J connectivity index is 2.09. The van der Waals surface area contributed by atoms with E-state index in [4.69, 9.17) is 5.11 Å². The first-order valence-corrected chi connectivity index (χ1v) is 5.95. The van der Waals surface area contributed by atoms with Gasteiger partial charge in [-0.2, -0.15) is 0 Å². The lowest BCUT2D eigenvalue weighted by atomic mass is 10.1. The molecular formula is C13H11F2N3O3. The van der Waals surface area contributed by atoms with Gasteiger partial charge >= 0.3 is 5.97 Å². The minimum Gasteiger partial charge on any atom is -0.478 e. The zero-order valence-corrected chi connectivity index (χ0v) is 10.7. The van der Waals surface area contributed by atoms with E-state index in [1.165, 1.54) is 6.33 Å². The highest BCUT2D eigenvalue weighted by Crippen LogP contribution is 2.20. The molecule has 0 atom stereocenters. The summed E-state index contributed by atoms with van der Waals surface area (Å²) in [5.74, 6) is -4.50. The molecule has 8 heteroatoms. The van der Waals surface area contributed by atoms with Crippen molar-refractivity contribution in [3.8, 4) is 0 Å². The second-order valence-corrected chi connectivity index (χ2v) is 4.22. The van der Waals surface area contributed by atoms with E-state index in [9.17, 15) is 18.4 Å². The van der Waals surface area contributed by atoms with E-state index in [2.05, 4.69) is 10.3 Å². The van der Waals surface area contributed by atoms with Crippen molar-refractivity contribution < 1.29 is 23.5 Å². The van der Waals surface area contributed by atoms with Gasteiger partial charge in [0.15, 0.2) is 11.6 Å². The first kappa shape index (κ1) is 14.6. The first-order chi connectivity index (χ1) is 9.97. The van der Waals surface area contributed by atoms with E-state index < -0.39 is 29.1 Å². The van der Waals surface area contributed by atoms with Gasteiger partial charge in [0.25, 0.3) is 0 Å². The normalized spacial score (nSPS) is 10.4. The number of anilines is 1. The predicted octanol–water partition coefficient (Wildman–Crippen LogP) is 1.89. The van der Waals surface area contributed by atoms with Gasteiger partial charge in [-0.25, -0.2) is 18.6 Å². The predicted molar refractivity (Wildman–Crippen MR) is 68.8 cm³/mol. The number of carboxylic acids is 1. The Labute approximate surface area is 118 Å². The van der Waals surface area contributed by atoms with Gasteiger partial charge in [-0.3, -0.25) is 4.79 Å². The number of hydrogen-bond acceptors (Lipinski definition) is 3. The molecule has 0 fully saturated rings. The fraction of sp³-hybridized carbons (Fsp3) is 0.154. The van der Waals surface area contributed by atoms with E-state index in [0.717, 1.165) is 0 Å². The molecule has 0 unspecified atom stereocenters. The number of imidazole rings is 1. The van der Waals surface area contributed by atoms with Crippen LogP contribution in [0.15, 0.2) is 30.9 Å². The maximum absolute atomic E-state index is 13.2. The molecule has 0 aliphatic carbocycles. The van der Waals surface area contributed by atoms with Crippen molar-refractivity contribution in [1.82, 2.24) is 9.55 Å². The molecule has 1 amide bonds. The second kappa shape index (κ2) is 6.12. The molecule has 0 saturated carbocycles. The molecule has 2 aromatic rings. The largest absolute Gasteiger partial charge is 0.478 e. The number of carbonyl (C=O) groups is 2. The smallest absolute Gasteiger partial charge is 0.337 e. The molecule has 1 aromatic carbocycles. The first-order valence-electron chi connectivity index (χ1n) is 5.95. The highest BCUT2D eigenvalue weighted by Gasteiger charge is 2.17. The lowest BCUT2D eigenvalue weighted by Gasteiger charge is -2.09. The van der Waals surface area contributed by atoms with E-state index in [0.29, 0.717) is 18.7 Å². The molecule has 0 spiro atoms. The summed E-state index contributed by atoms with van der Waals surface area (Å²) >= 11 is 0. The Hall–Kier alpha value is -2.77. The number of hydrogen-bond donors (Lipinski definition) is 2. The molecule has 6 nitrogen and oxygen atoms in total. The molecule has 1 aromatic heterocycles. The van der Waals surface area contributed by atoms with Crippen LogP contribution in [0.25, 0.3) is 0 Å². The summed E-state index contributed by atoms with van der Waals surface area (Å²) in [6, 6.07) is 1.18. The third-order valence-corrected chi connectivity index (χ3v) is 2.72. The van der Waals surface area contributed by atoms with Crippen molar-refractivity contribution in [2.24, 2.45) is 0 Å². The molecule has 0 radical (unpaired) electrons. The Kier molecular flexibility index (Phi) is 4.27. The summed E-state index contributed by atoms with van der Waals surface area (Å²) in [6.45, 7) is 0.331.